The molecule has 0 unspecified atom stereocenters. The molecule has 0 radical (unpaired) electrons. The van der Waals surface area contributed by atoms with Crippen LogP contribution in [-0.4, -0.2) is 68.4 Å². The van der Waals surface area contributed by atoms with E-state index in [1.54, 1.807) is 0 Å². The zero-order valence-corrected chi connectivity index (χ0v) is 25.6. The fourth-order valence-electron chi connectivity index (χ4n) is 3.86. The number of hydrogen-bond acceptors (Lipinski definition) is 6. The van der Waals surface area contributed by atoms with E-state index in [-0.39, 0.29) is 32.7 Å². The number of aliphatic carboxylic acids is 3. The van der Waals surface area contributed by atoms with Crippen molar-refractivity contribution in [2.45, 2.75) is 155 Å². The van der Waals surface area contributed by atoms with Gasteiger partial charge in [0, 0.05) is 24.7 Å². The largest absolute Gasteiger partial charge is 0.481 e. The van der Waals surface area contributed by atoms with Gasteiger partial charge in [0.15, 0.2) is 0 Å². The highest BCUT2D eigenvalue weighted by Gasteiger charge is 2.24. The van der Waals surface area contributed by atoms with Gasteiger partial charge in [-0.25, -0.2) is 0 Å². The van der Waals surface area contributed by atoms with Gasteiger partial charge in [-0.3, -0.25) is 14.4 Å². The van der Waals surface area contributed by atoms with Crippen molar-refractivity contribution >= 4 is 17.9 Å². The Morgan fingerprint density at radius 3 is 0.825 bits per heavy atom. The van der Waals surface area contributed by atoms with E-state index < -0.39 is 23.3 Å². The van der Waals surface area contributed by atoms with Gasteiger partial charge in [-0.05, 0) is 25.7 Å². The van der Waals surface area contributed by atoms with Crippen molar-refractivity contribution in [1.82, 2.24) is 0 Å². The summed E-state index contributed by atoms with van der Waals surface area (Å²) in [5, 5.41) is 50.9. The topological polar surface area (TPSA) is 173 Å². The standard InChI is InChI=1S/C18H36O2.C7H12O4.C6H14O3/c1-2-3-4-5-6-7-8-9-10-11-12-13-14-15-16-17-18(19)20;8-6(9)4-2-1-3-5-7(10)11;1-2-6(3-7,4-8)5-9/h2-17H2,1H3,(H,19,20);1-5H2,(H,8,9)(H,10,11);7-9H,2-5H2,1H3. The van der Waals surface area contributed by atoms with Gasteiger partial charge < -0.3 is 30.6 Å². The lowest BCUT2D eigenvalue weighted by Gasteiger charge is -2.24. The van der Waals surface area contributed by atoms with Crippen molar-refractivity contribution in [2.75, 3.05) is 19.8 Å². The molecule has 0 aromatic carbocycles. The Labute approximate surface area is 243 Å². The number of hydrogen-bond donors (Lipinski definition) is 6. The van der Waals surface area contributed by atoms with Crippen LogP contribution in [0.3, 0.4) is 0 Å². The fraction of sp³-hybridized carbons (Fsp3) is 0.903. The lowest BCUT2D eigenvalue weighted by atomic mass is 9.88. The quantitative estimate of drug-likeness (QED) is 0.0603. The molecule has 0 atom stereocenters. The highest BCUT2D eigenvalue weighted by molar-refractivity contribution is 5.67. The SMILES string of the molecule is CCC(CO)(CO)CO.CCCCCCCCCCCCCCCCCC(=O)O.O=C(O)CCCCCC(=O)O. The van der Waals surface area contributed by atoms with Crippen molar-refractivity contribution in [1.29, 1.82) is 0 Å². The van der Waals surface area contributed by atoms with Crippen molar-refractivity contribution in [3.63, 3.8) is 0 Å². The summed E-state index contributed by atoms with van der Waals surface area (Å²) in [4.78, 5) is 30.3. The molecule has 0 aliphatic carbocycles. The molecule has 9 heteroatoms. The molecule has 0 aliphatic rings. The maximum Gasteiger partial charge on any atom is 0.303 e. The Bertz CT molecular complexity index is 529. The molecule has 240 valence electrons. The molecular formula is C31H62O9. The lowest BCUT2D eigenvalue weighted by Crippen LogP contribution is -2.32. The Hall–Kier alpha value is -1.71. The van der Waals surface area contributed by atoms with Crippen molar-refractivity contribution in [3.05, 3.63) is 0 Å². The molecule has 9 nitrogen and oxygen atoms in total. The van der Waals surface area contributed by atoms with E-state index in [9.17, 15) is 14.4 Å². The number of aliphatic hydroxyl groups excluding tert-OH is 3. The molecular weight excluding hydrogens is 516 g/mol. The molecule has 0 rings (SSSR count). The zero-order chi connectivity index (χ0) is 30.9. The molecule has 0 amide bonds. The Morgan fingerprint density at radius 2 is 0.650 bits per heavy atom. The second-order valence-corrected chi connectivity index (χ2v) is 10.8. The van der Waals surface area contributed by atoms with Gasteiger partial charge in [0.2, 0.25) is 0 Å². The van der Waals surface area contributed by atoms with Gasteiger partial charge in [-0.1, -0.05) is 110 Å². The number of carboxylic acids is 3. The molecule has 6 N–H and O–H groups in total. The average Bonchev–Trinajstić information content (AvgIpc) is 2.92. The first-order valence-electron chi connectivity index (χ1n) is 15.6. The predicted octanol–water partition coefficient (Wildman–Crippen LogP) is 6.80. The van der Waals surface area contributed by atoms with E-state index in [0.29, 0.717) is 32.1 Å². The van der Waals surface area contributed by atoms with Crippen LogP contribution in [-0.2, 0) is 14.4 Å². The van der Waals surface area contributed by atoms with Crippen molar-refractivity contribution in [3.8, 4) is 0 Å². The molecule has 0 heterocycles. The number of unbranched alkanes of at least 4 members (excludes halogenated alkanes) is 16. The smallest absolute Gasteiger partial charge is 0.303 e. The molecule has 0 bridgehead atoms. The van der Waals surface area contributed by atoms with Crippen LogP contribution in [0.5, 0.6) is 0 Å². The number of carboxylic acid groups (broad SMARTS) is 3. The summed E-state index contributed by atoms with van der Waals surface area (Å²) in [6.45, 7) is 3.62. The van der Waals surface area contributed by atoms with Gasteiger partial charge >= 0.3 is 17.9 Å². The molecule has 0 fully saturated rings. The van der Waals surface area contributed by atoms with Gasteiger partial charge in [0.25, 0.3) is 0 Å². The van der Waals surface area contributed by atoms with Crippen LogP contribution in [0.4, 0.5) is 0 Å². The highest BCUT2D eigenvalue weighted by atomic mass is 16.4. The van der Waals surface area contributed by atoms with Gasteiger partial charge in [-0.15, -0.1) is 0 Å². The monoisotopic (exact) mass is 578 g/mol. The lowest BCUT2D eigenvalue weighted by molar-refractivity contribution is -0.138. The maximum atomic E-state index is 10.3. The Morgan fingerprint density at radius 1 is 0.425 bits per heavy atom. The molecule has 40 heavy (non-hydrogen) atoms. The third-order valence-corrected chi connectivity index (χ3v) is 7.03. The van der Waals surface area contributed by atoms with Crippen LogP contribution < -0.4 is 0 Å². The summed E-state index contributed by atoms with van der Waals surface area (Å²) in [7, 11) is 0. The van der Waals surface area contributed by atoms with E-state index in [0.717, 1.165) is 12.8 Å². The van der Waals surface area contributed by atoms with Crippen molar-refractivity contribution < 1.29 is 45.0 Å². The number of carbonyl (C=O) groups is 3. The summed E-state index contributed by atoms with van der Waals surface area (Å²) < 4.78 is 0. The molecule has 0 aromatic heterocycles. The molecule has 0 aromatic rings. The molecule has 0 saturated carbocycles. The highest BCUT2D eigenvalue weighted by Crippen LogP contribution is 2.18. The molecule has 0 saturated heterocycles. The summed E-state index contributed by atoms with van der Waals surface area (Å²) in [6.07, 6.45) is 22.9. The van der Waals surface area contributed by atoms with Crippen LogP contribution in [0.25, 0.3) is 0 Å². The van der Waals surface area contributed by atoms with Crippen molar-refractivity contribution in [2.24, 2.45) is 5.41 Å². The van der Waals surface area contributed by atoms with Crippen LogP contribution in [0.15, 0.2) is 0 Å². The van der Waals surface area contributed by atoms with Gasteiger partial charge in [0.1, 0.15) is 0 Å². The van der Waals surface area contributed by atoms with Gasteiger partial charge in [0.05, 0.1) is 19.8 Å². The number of rotatable bonds is 26. The fourth-order valence-corrected chi connectivity index (χ4v) is 3.86. The summed E-state index contributed by atoms with van der Waals surface area (Å²) >= 11 is 0. The van der Waals surface area contributed by atoms with Crippen LogP contribution in [0, 0.1) is 5.41 Å². The Balaban J connectivity index is -0.000000575. The minimum atomic E-state index is -0.819. The van der Waals surface area contributed by atoms with Gasteiger partial charge in [-0.2, -0.15) is 0 Å². The van der Waals surface area contributed by atoms with E-state index in [4.69, 9.17) is 30.6 Å². The van der Waals surface area contributed by atoms with E-state index in [2.05, 4.69) is 6.92 Å². The maximum absolute atomic E-state index is 10.3. The van der Waals surface area contributed by atoms with Crippen LogP contribution in [0.1, 0.15) is 155 Å². The Kier molecular flexibility index (Phi) is 35.8. The first-order chi connectivity index (χ1) is 19.1. The third-order valence-electron chi connectivity index (χ3n) is 7.03. The molecule has 0 spiro atoms. The summed E-state index contributed by atoms with van der Waals surface area (Å²) in [5.41, 5.74) is -0.667. The summed E-state index contributed by atoms with van der Waals surface area (Å²) in [5.74, 6) is -2.29. The first-order valence-corrected chi connectivity index (χ1v) is 15.6. The normalized spacial score (nSPS) is 10.7. The third kappa shape index (κ3) is 36.3. The minimum Gasteiger partial charge on any atom is -0.481 e. The van der Waals surface area contributed by atoms with Crippen LogP contribution >= 0.6 is 0 Å². The zero-order valence-electron chi connectivity index (χ0n) is 25.6. The number of aliphatic hydroxyl groups is 3. The van der Waals surface area contributed by atoms with Crippen LogP contribution in [0.2, 0.25) is 0 Å². The summed E-state index contributed by atoms with van der Waals surface area (Å²) in [6, 6.07) is 0. The molecule has 0 aliphatic heterocycles. The first kappa shape index (κ1) is 42.8. The second kappa shape index (κ2) is 33.5. The predicted molar refractivity (Wildman–Crippen MR) is 160 cm³/mol. The van der Waals surface area contributed by atoms with E-state index in [1.807, 2.05) is 6.92 Å². The van der Waals surface area contributed by atoms with E-state index >= 15 is 0 Å². The second-order valence-electron chi connectivity index (χ2n) is 10.8. The van der Waals surface area contributed by atoms with E-state index in [1.165, 1.54) is 83.5 Å². The minimum absolute atomic E-state index is 0.139. The average molecular weight is 579 g/mol.